The smallest absolute Gasteiger partial charge is 0.333 e. The largest absolute Gasteiger partial charge is 0.454 e. The Bertz CT molecular complexity index is 1020. The van der Waals surface area contributed by atoms with Crippen LogP contribution in [0.15, 0.2) is 91.0 Å². The lowest BCUT2D eigenvalue weighted by Crippen LogP contribution is -2.63. The van der Waals surface area contributed by atoms with Gasteiger partial charge in [0.15, 0.2) is 12.1 Å². The second-order valence-electron chi connectivity index (χ2n) is 9.28. The minimum absolute atomic E-state index is 0. The predicted molar refractivity (Wildman–Crippen MR) is 134 cm³/mol. The van der Waals surface area contributed by atoms with Gasteiger partial charge in [-0.15, -0.1) is 0 Å². The van der Waals surface area contributed by atoms with Crippen LogP contribution in [0.5, 0.6) is 0 Å². The molecule has 0 unspecified atom stereocenters. The molecule has 2 atom stereocenters. The number of fused-ring (bicyclic) bond motifs is 3. The van der Waals surface area contributed by atoms with Gasteiger partial charge in [-0.2, -0.15) is 0 Å². The summed E-state index contributed by atoms with van der Waals surface area (Å²) in [7, 11) is 0. The number of piperidine rings is 3. The molecule has 0 aromatic heterocycles. The van der Waals surface area contributed by atoms with Crippen molar-refractivity contribution in [3.63, 3.8) is 0 Å². The lowest BCUT2D eigenvalue weighted by atomic mass is 9.82. The Kier molecular flexibility index (Phi) is 7.14. The van der Waals surface area contributed by atoms with Crippen molar-refractivity contribution < 1.29 is 14.0 Å². The number of rotatable bonds is 7. The molecule has 0 saturated carbocycles. The van der Waals surface area contributed by atoms with Crippen LogP contribution in [-0.4, -0.2) is 36.2 Å². The second-order valence-corrected chi connectivity index (χ2v) is 9.28. The second kappa shape index (κ2) is 10.2. The maximum atomic E-state index is 13.5. The molecule has 3 aromatic carbocycles. The van der Waals surface area contributed by atoms with Crippen molar-refractivity contribution in [1.29, 1.82) is 0 Å². The van der Waals surface area contributed by atoms with Crippen molar-refractivity contribution in [2.75, 3.05) is 25.0 Å². The van der Waals surface area contributed by atoms with E-state index in [1.165, 1.54) is 18.7 Å². The first-order chi connectivity index (χ1) is 15.7. The summed E-state index contributed by atoms with van der Waals surface area (Å²) in [5, 5.41) is 3.40. The molecule has 4 nitrogen and oxygen atoms in total. The summed E-state index contributed by atoms with van der Waals surface area (Å²) < 4.78 is 7.29. The average Bonchev–Trinajstić information content (AvgIpc) is 2.85. The number of benzene rings is 3. The van der Waals surface area contributed by atoms with Crippen molar-refractivity contribution in [2.24, 2.45) is 5.92 Å². The van der Waals surface area contributed by atoms with Crippen LogP contribution in [0.3, 0.4) is 0 Å². The molecule has 0 aliphatic carbocycles. The minimum Gasteiger partial charge on any atom is -0.454 e. The molecule has 4 heteroatoms. The van der Waals surface area contributed by atoms with Crippen LogP contribution in [0.2, 0.25) is 0 Å². The minimum atomic E-state index is -0.517. The topological polar surface area (TPSA) is 38.3 Å². The molecule has 3 aromatic rings. The van der Waals surface area contributed by atoms with Crippen LogP contribution in [-0.2, 0) is 16.1 Å². The first kappa shape index (κ1) is 23.1. The summed E-state index contributed by atoms with van der Waals surface area (Å²) in [4.78, 5) is 13.5. The monoisotopic (exact) mass is 443 g/mol. The number of nitrogens with one attached hydrogen (secondary N) is 1. The van der Waals surface area contributed by atoms with E-state index in [1.807, 2.05) is 60.7 Å². The normalized spacial score (nSPS) is 24.4. The van der Waals surface area contributed by atoms with Gasteiger partial charge in [0.2, 0.25) is 0 Å². The highest BCUT2D eigenvalue weighted by atomic mass is 16.5. The first-order valence-electron chi connectivity index (χ1n) is 11.7. The molecule has 3 heterocycles. The number of hydrogen-bond donors (Lipinski definition) is 1. The number of carbonyl (C=O) groups excluding carboxylic acids is 1. The summed E-state index contributed by atoms with van der Waals surface area (Å²) >= 11 is 0. The Morgan fingerprint density at radius 1 is 0.879 bits per heavy atom. The van der Waals surface area contributed by atoms with Crippen LogP contribution < -0.4 is 5.32 Å². The molecule has 6 rings (SSSR count). The summed E-state index contributed by atoms with van der Waals surface area (Å²) in [6.45, 7) is 4.29. The third kappa shape index (κ3) is 5.28. The zero-order valence-corrected chi connectivity index (χ0v) is 18.4. The molecule has 0 radical (unpaired) electrons. The van der Waals surface area contributed by atoms with E-state index < -0.39 is 6.04 Å². The van der Waals surface area contributed by atoms with Crippen LogP contribution in [0.25, 0.3) is 0 Å². The molecule has 2 bridgehead atoms. The molecule has 3 saturated heterocycles. The molecule has 3 fully saturated rings. The number of quaternary nitrogens is 1. The van der Waals surface area contributed by atoms with Crippen LogP contribution in [0.1, 0.15) is 37.4 Å². The van der Waals surface area contributed by atoms with E-state index in [1.54, 1.807) is 0 Å². The van der Waals surface area contributed by atoms with Gasteiger partial charge >= 0.3 is 5.97 Å². The van der Waals surface area contributed by atoms with E-state index in [0.29, 0.717) is 5.92 Å². The Morgan fingerprint density at radius 2 is 1.45 bits per heavy atom. The average molecular weight is 444 g/mol. The molecular formula is C29H35N2O2+. The quantitative estimate of drug-likeness (QED) is 0.369. The Labute approximate surface area is 197 Å². The first-order valence-corrected chi connectivity index (χ1v) is 11.7. The SMILES string of the molecule is C.O=C(O[C@H]1C[N+]2(Cc3ccccc3)CCC1CC2)[C@H](Nc1ccccc1)c1ccccc1. The summed E-state index contributed by atoms with van der Waals surface area (Å²) in [6, 6.07) is 30.0. The van der Waals surface area contributed by atoms with E-state index in [-0.39, 0.29) is 19.5 Å². The molecule has 0 amide bonds. The lowest BCUT2D eigenvalue weighted by Gasteiger charge is -2.52. The van der Waals surface area contributed by atoms with Gasteiger partial charge in [-0.3, -0.25) is 0 Å². The highest BCUT2D eigenvalue weighted by molar-refractivity contribution is 5.81. The van der Waals surface area contributed by atoms with Gasteiger partial charge in [-0.25, -0.2) is 4.79 Å². The van der Waals surface area contributed by atoms with E-state index >= 15 is 0 Å². The van der Waals surface area contributed by atoms with Crippen LogP contribution >= 0.6 is 0 Å². The molecular weight excluding hydrogens is 408 g/mol. The van der Waals surface area contributed by atoms with Crippen molar-refractivity contribution >= 4 is 11.7 Å². The van der Waals surface area contributed by atoms with Gasteiger partial charge < -0.3 is 14.5 Å². The van der Waals surface area contributed by atoms with Crippen LogP contribution in [0, 0.1) is 5.92 Å². The van der Waals surface area contributed by atoms with Gasteiger partial charge in [0, 0.05) is 30.0 Å². The fourth-order valence-corrected chi connectivity index (χ4v) is 5.39. The molecule has 3 aliphatic heterocycles. The summed E-state index contributed by atoms with van der Waals surface area (Å²) in [6.07, 6.45) is 2.25. The van der Waals surface area contributed by atoms with Crippen molar-refractivity contribution in [1.82, 2.24) is 0 Å². The lowest BCUT2D eigenvalue weighted by molar-refractivity contribution is -0.958. The maximum Gasteiger partial charge on any atom is 0.333 e. The van der Waals surface area contributed by atoms with Crippen molar-refractivity contribution in [3.8, 4) is 0 Å². The van der Waals surface area contributed by atoms with E-state index in [2.05, 4.69) is 35.6 Å². The number of esters is 1. The Morgan fingerprint density at radius 3 is 2.09 bits per heavy atom. The van der Waals surface area contributed by atoms with Gasteiger partial charge in [0.05, 0.1) is 13.1 Å². The van der Waals surface area contributed by atoms with Gasteiger partial charge in [-0.1, -0.05) is 86.3 Å². The highest BCUT2D eigenvalue weighted by Crippen LogP contribution is 2.37. The third-order valence-electron chi connectivity index (χ3n) is 7.12. The number of ether oxygens (including phenoxy) is 1. The zero-order valence-electron chi connectivity index (χ0n) is 18.4. The van der Waals surface area contributed by atoms with E-state index in [0.717, 1.165) is 41.7 Å². The summed E-state index contributed by atoms with van der Waals surface area (Å²) in [5.41, 5.74) is 3.21. The van der Waals surface area contributed by atoms with Crippen molar-refractivity contribution in [2.45, 2.75) is 39.0 Å². The molecule has 1 N–H and O–H groups in total. The fraction of sp³-hybridized carbons (Fsp3) is 0.345. The van der Waals surface area contributed by atoms with E-state index in [4.69, 9.17) is 4.74 Å². The number of anilines is 1. The Hall–Kier alpha value is -3.11. The molecule has 3 aliphatic rings. The van der Waals surface area contributed by atoms with Crippen molar-refractivity contribution in [3.05, 3.63) is 102 Å². The Balaban J connectivity index is 0.00000259. The van der Waals surface area contributed by atoms with Gasteiger partial charge in [0.25, 0.3) is 0 Å². The number of hydrogen-bond acceptors (Lipinski definition) is 3. The standard InChI is InChI=1S/C28H31N2O2.CH4/c31-28(27(24-12-6-2-7-13-24)29-25-14-8-3-9-15-25)32-26-21-30(18-16-23(26)17-19-30)20-22-10-4-1-5-11-22;/h1-15,23,26-27,29H,16-21H2;1H4/q+1;/t23?,26-,27+,30?;/m0./s1. The van der Waals surface area contributed by atoms with Crippen LogP contribution in [0.4, 0.5) is 5.69 Å². The summed E-state index contributed by atoms with van der Waals surface area (Å²) in [5.74, 6) is 0.291. The zero-order chi connectivity index (χ0) is 21.8. The van der Waals surface area contributed by atoms with Gasteiger partial charge in [0.1, 0.15) is 13.1 Å². The predicted octanol–water partition coefficient (Wildman–Crippen LogP) is 5.83. The van der Waals surface area contributed by atoms with Gasteiger partial charge in [-0.05, 0) is 17.7 Å². The molecule has 172 valence electrons. The molecule has 0 spiro atoms. The molecule has 33 heavy (non-hydrogen) atoms. The number of carbonyl (C=O) groups is 1. The fourth-order valence-electron chi connectivity index (χ4n) is 5.39. The number of nitrogens with zero attached hydrogens (tertiary/aromatic N) is 1. The maximum absolute atomic E-state index is 13.5. The highest BCUT2D eigenvalue weighted by Gasteiger charge is 2.48. The third-order valence-corrected chi connectivity index (χ3v) is 7.12. The van der Waals surface area contributed by atoms with E-state index in [9.17, 15) is 4.79 Å². The number of para-hydroxylation sites is 1.